The molecule has 3 aromatic rings. The van der Waals surface area contributed by atoms with Gasteiger partial charge in [0, 0.05) is 37.1 Å². The molecule has 2 aromatic carbocycles. The number of para-hydroxylation sites is 2. The van der Waals surface area contributed by atoms with Crippen molar-refractivity contribution in [1.29, 1.82) is 0 Å². The zero-order valence-corrected chi connectivity index (χ0v) is 20.3. The number of hydrogen-bond acceptors (Lipinski definition) is 5. The van der Waals surface area contributed by atoms with Crippen LogP contribution in [-0.2, 0) is 11.2 Å². The molecule has 2 aliphatic rings. The van der Waals surface area contributed by atoms with Gasteiger partial charge in [-0.2, -0.15) is 0 Å². The summed E-state index contributed by atoms with van der Waals surface area (Å²) in [5.74, 6) is 0.0632. The number of halogens is 3. The molecule has 2 fully saturated rings. The number of fused-ring (bicyclic) bond motifs is 1. The van der Waals surface area contributed by atoms with Gasteiger partial charge in [-0.25, -0.2) is 0 Å². The van der Waals surface area contributed by atoms with E-state index in [-0.39, 0.29) is 40.7 Å². The quantitative estimate of drug-likeness (QED) is 0.475. The number of methoxy groups -OCH3 is 1. The fourth-order valence-corrected chi connectivity index (χ4v) is 5.35. The predicted molar refractivity (Wildman–Crippen MR) is 128 cm³/mol. The topological polar surface area (TPSA) is 72.2 Å². The first-order chi connectivity index (χ1) is 17.7. The number of alkyl halides is 3. The van der Waals surface area contributed by atoms with Gasteiger partial charge in [-0.3, -0.25) is 9.59 Å². The van der Waals surface area contributed by atoms with Gasteiger partial charge < -0.3 is 23.7 Å². The van der Waals surface area contributed by atoms with Gasteiger partial charge in [-0.1, -0.05) is 30.3 Å². The van der Waals surface area contributed by atoms with Gasteiger partial charge in [0.25, 0.3) is 5.91 Å². The van der Waals surface area contributed by atoms with Gasteiger partial charge in [0.05, 0.1) is 13.5 Å². The molecule has 0 bridgehead atoms. The molecule has 196 valence electrons. The molecule has 1 spiro atoms. The molecule has 0 atom stereocenters. The van der Waals surface area contributed by atoms with Crippen LogP contribution in [0.25, 0.3) is 11.0 Å². The van der Waals surface area contributed by atoms with Crippen LogP contribution < -0.4 is 9.47 Å². The highest BCUT2D eigenvalue weighted by Gasteiger charge is 2.43. The maximum atomic E-state index is 13.1. The van der Waals surface area contributed by atoms with E-state index in [1.807, 2.05) is 12.1 Å². The molecular weight excluding hydrogens is 489 g/mol. The molecule has 0 saturated carbocycles. The second-order valence-corrected chi connectivity index (χ2v) is 9.68. The number of benzene rings is 2. The van der Waals surface area contributed by atoms with E-state index in [4.69, 9.17) is 9.15 Å². The van der Waals surface area contributed by atoms with Crippen LogP contribution in [0.5, 0.6) is 11.5 Å². The normalized spacial score (nSPS) is 17.4. The number of piperidine rings is 1. The lowest BCUT2D eigenvalue weighted by Crippen LogP contribution is -2.44. The summed E-state index contributed by atoms with van der Waals surface area (Å²) >= 11 is 0. The number of rotatable bonds is 5. The summed E-state index contributed by atoms with van der Waals surface area (Å²) in [4.78, 5) is 29.6. The van der Waals surface area contributed by atoms with Crippen molar-refractivity contribution in [2.75, 3.05) is 33.3 Å². The van der Waals surface area contributed by atoms with Gasteiger partial charge in [-0.15, -0.1) is 13.2 Å². The van der Waals surface area contributed by atoms with Crippen LogP contribution in [-0.4, -0.2) is 61.3 Å². The van der Waals surface area contributed by atoms with E-state index in [0.29, 0.717) is 37.5 Å². The van der Waals surface area contributed by atoms with Crippen molar-refractivity contribution >= 4 is 22.8 Å². The zero-order chi connectivity index (χ0) is 26.2. The Morgan fingerprint density at radius 1 is 0.973 bits per heavy atom. The van der Waals surface area contributed by atoms with Gasteiger partial charge in [0.15, 0.2) is 17.1 Å². The summed E-state index contributed by atoms with van der Waals surface area (Å²) in [5, 5.41) is 0.795. The van der Waals surface area contributed by atoms with Gasteiger partial charge >= 0.3 is 6.36 Å². The molecule has 3 heterocycles. The number of ether oxygens (including phenoxy) is 2. The molecule has 7 nitrogen and oxygen atoms in total. The van der Waals surface area contributed by atoms with Crippen molar-refractivity contribution in [2.24, 2.45) is 5.41 Å². The number of nitrogens with zero attached hydrogens (tertiary/aromatic N) is 2. The molecule has 2 saturated heterocycles. The van der Waals surface area contributed by atoms with Gasteiger partial charge in [0.2, 0.25) is 5.91 Å². The van der Waals surface area contributed by atoms with Crippen molar-refractivity contribution in [1.82, 2.24) is 9.80 Å². The van der Waals surface area contributed by atoms with E-state index in [0.717, 1.165) is 24.6 Å². The summed E-state index contributed by atoms with van der Waals surface area (Å²) in [5.41, 5.74) is 0.633. The molecule has 2 amide bonds. The number of amides is 2. The molecule has 1 aromatic heterocycles. The highest BCUT2D eigenvalue weighted by Crippen LogP contribution is 2.41. The smallest absolute Gasteiger partial charge is 0.493 e. The van der Waals surface area contributed by atoms with Crippen molar-refractivity contribution in [2.45, 2.75) is 32.0 Å². The molecule has 5 rings (SSSR count). The van der Waals surface area contributed by atoms with Gasteiger partial charge in [0.1, 0.15) is 5.75 Å². The minimum atomic E-state index is -4.82. The molecule has 0 unspecified atom stereocenters. The molecular formula is C27H27F3N2O5. The van der Waals surface area contributed by atoms with Crippen LogP contribution in [0.1, 0.15) is 35.4 Å². The number of likely N-dealkylation sites (tertiary alicyclic amines) is 2. The van der Waals surface area contributed by atoms with E-state index < -0.39 is 6.36 Å². The second-order valence-electron chi connectivity index (χ2n) is 9.68. The summed E-state index contributed by atoms with van der Waals surface area (Å²) in [7, 11) is 1.55. The van der Waals surface area contributed by atoms with Crippen LogP contribution in [0.4, 0.5) is 13.2 Å². The van der Waals surface area contributed by atoms with Crippen LogP contribution >= 0.6 is 0 Å². The van der Waals surface area contributed by atoms with Crippen molar-refractivity contribution in [3.8, 4) is 11.5 Å². The first-order valence-electron chi connectivity index (χ1n) is 12.1. The Morgan fingerprint density at radius 3 is 2.35 bits per heavy atom. The summed E-state index contributed by atoms with van der Waals surface area (Å²) < 4.78 is 53.4. The monoisotopic (exact) mass is 516 g/mol. The third kappa shape index (κ3) is 5.23. The molecule has 0 N–H and O–H groups in total. The average Bonchev–Trinajstić information content (AvgIpc) is 3.49. The van der Waals surface area contributed by atoms with Crippen LogP contribution in [0.15, 0.2) is 52.9 Å². The predicted octanol–water partition coefficient (Wildman–Crippen LogP) is 5.04. The standard InChI is InChI=1S/C27H27F3N2O5/c1-35-21-8-4-6-19-15-22(36-24(19)21)25(34)31-12-9-26(10-13-31)11-14-32(17-26)23(33)16-18-5-2-3-7-20(18)37-27(28,29)30/h2-8,15H,9-14,16-17H2,1H3. The minimum Gasteiger partial charge on any atom is -0.493 e. The fourth-order valence-electron chi connectivity index (χ4n) is 5.35. The third-order valence-electron chi connectivity index (χ3n) is 7.38. The van der Waals surface area contributed by atoms with Crippen LogP contribution in [0.3, 0.4) is 0 Å². The maximum absolute atomic E-state index is 13.1. The van der Waals surface area contributed by atoms with E-state index in [2.05, 4.69) is 4.74 Å². The molecule has 0 aliphatic carbocycles. The van der Waals surface area contributed by atoms with E-state index in [1.165, 1.54) is 18.2 Å². The number of hydrogen-bond donors (Lipinski definition) is 0. The lowest BCUT2D eigenvalue weighted by Gasteiger charge is -2.39. The Balaban J connectivity index is 1.19. The minimum absolute atomic E-state index is 0.106. The van der Waals surface area contributed by atoms with Crippen molar-refractivity contribution in [3.05, 3.63) is 59.9 Å². The Hall–Kier alpha value is -3.69. The number of carbonyl (C=O) groups excluding carboxylic acids is 2. The summed E-state index contributed by atoms with van der Waals surface area (Å²) in [6, 6.07) is 12.9. The Kier molecular flexibility index (Phi) is 6.51. The SMILES string of the molecule is COc1cccc2cc(C(=O)N3CCC4(CCN(C(=O)Cc5ccccc5OC(F)(F)F)C4)CC3)oc12. The highest BCUT2D eigenvalue weighted by molar-refractivity contribution is 5.97. The first kappa shape index (κ1) is 25.0. The second kappa shape index (κ2) is 9.64. The third-order valence-corrected chi connectivity index (χ3v) is 7.38. The average molecular weight is 517 g/mol. The lowest BCUT2D eigenvalue weighted by molar-refractivity contribution is -0.274. The van der Waals surface area contributed by atoms with Gasteiger partial charge in [-0.05, 0) is 42.9 Å². The van der Waals surface area contributed by atoms with Crippen LogP contribution in [0.2, 0.25) is 0 Å². The fraction of sp³-hybridized carbons (Fsp3) is 0.407. The lowest BCUT2D eigenvalue weighted by atomic mass is 9.77. The molecule has 0 radical (unpaired) electrons. The Morgan fingerprint density at radius 2 is 1.65 bits per heavy atom. The number of carbonyl (C=O) groups is 2. The molecule has 2 aliphatic heterocycles. The highest BCUT2D eigenvalue weighted by atomic mass is 19.4. The van der Waals surface area contributed by atoms with E-state index in [9.17, 15) is 22.8 Å². The van der Waals surface area contributed by atoms with E-state index in [1.54, 1.807) is 35.1 Å². The Bertz CT molecular complexity index is 1310. The Labute approximate surface area is 211 Å². The van der Waals surface area contributed by atoms with E-state index >= 15 is 0 Å². The molecule has 10 heteroatoms. The molecule has 37 heavy (non-hydrogen) atoms. The van der Waals surface area contributed by atoms with Crippen molar-refractivity contribution in [3.63, 3.8) is 0 Å². The van der Waals surface area contributed by atoms with Crippen molar-refractivity contribution < 1.29 is 36.7 Å². The maximum Gasteiger partial charge on any atom is 0.573 e. The summed E-state index contributed by atoms with van der Waals surface area (Å²) in [6.45, 7) is 2.14. The first-order valence-corrected chi connectivity index (χ1v) is 12.1. The zero-order valence-electron chi connectivity index (χ0n) is 20.3. The van der Waals surface area contributed by atoms with Crippen LogP contribution in [0, 0.1) is 5.41 Å². The number of furan rings is 1. The summed E-state index contributed by atoms with van der Waals surface area (Å²) in [6.07, 6.45) is -2.72. The largest absolute Gasteiger partial charge is 0.573 e.